The summed E-state index contributed by atoms with van der Waals surface area (Å²) in [7, 11) is 2.57. The number of halogens is 1. The number of nitrogens with zero attached hydrogens (tertiary/aromatic N) is 1. The zero-order valence-electron chi connectivity index (χ0n) is 7.28. The number of methoxy groups -OCH3 is 1. The summed E-state index contributed by atoms with van der Waals surface area (Å²) in [5.74, 6) is -0.332. The Morgan fingerprint density at radius 3 is 2.62 bits per heavy atom. The Hall–Kier alpha value is -1.65. The van der Waals surface area contributed by atoms with E-state index in [2.05, 4.69) is 4.84 Å². The number of hydrogen-bond acceptors (Lipinski definition) is 3. The van der Waals surface area contributed by atoms with Crippen LogP contribution in [0.3, 0.4) is 0 Å². The van der Waals surface area contributed by atoms with E-state index in [1.54, 1.807) is 0 Å². The monoisotopic (exact) mass is 186 g/mol. The number of hydrogen-bond donors (Lipinski definition) is 0. The molecule has 0 saturated heterocycles. The second kappa shape index (κ2) is 3.84. The lowest BCUT2D eigenvalue weighted by atomic mass is 10.3. The molecule has 0 aromatic heterocycles. The first kappa shape index (κ1) is 9.44. The van der Waals surface area contributed by atoms with Gasteiger partial charge < -0.3 is 4.74 Å². The van der Waals surface area contributed by atoms with Crippen LogP contribution in [-0.4, -0.2) is 19.1 Å². The first-order valence-electron chi connectivity index (χ1n) is 3.54. The van der Waals surface area contributed by atoms with Gasteiger partial charge in [0.05, 0.1) is 12.0 Å². The van der Waals surface area contributed by atoms with Crippen LogP contribution in [0.4, 0.5) is 10.1 Å². The smallest absolute Gasteiger partial charge is 0.358 e. The number of benzene rings is 1. The largest absolute Gasteiger partial charge is 0.490 e. The Morgan fingerprint density at radius 2 is 2.08 bits per heavy atom. The van der Waals surface area contributed by atoms with E-state index >= 15 is 0 Å². The molecule has 0 radical (unpaired) electrons. The molecule has 1 rings (SSSR count). The summed E-state index contributed by atoms with van der Waals surface area (Å²) in [5.41, 5.74) is 0.131. The summed E-state index contributed by atoms with van der Waals surface area (Å²) >= 11 is 0. The number of rotatable bonds is 3. The second-order valence-electron chi connectivity index (χ2n) is 2.26. The van der Waals surface area contributed by atoms with Gasteiger partial charge in [-0.3, -0.25) is 0 Å². The molecule has 0 N–H and O–H groups in total. The summed E-state index contributed by atoms with van der Waals surface area (Å²) in [6.07, 6.45) is 0. The summed E-state index contributed by atoms with van der Waals surface area (Å²) in [6, 6.07) is 3.55. The SMILES string of the molecule is COc1cc(F)ccc1[N+](=O)OC. The minimum absolute atomic E-state index is 0.131. The summed E-state index contributed by atoms with van der Waals surface area (Å²) in [4.78, 5) is 15.6. The van der Waals surface area contributed by atoms with E-state index in [9.17, 15) is 9.30 Å². The Balaban J connectivity index is 3.13. The minimum atomic E-state index is -0.467. The maximum atomic E-state index is 12.7. The van der Waals surface area contributed by atoms with E-state index in [1.807, 2.05) is 0 Å². The molecule has 0 aliphatic heterocycles. The van der Waals surface area contributed by atoms with Crippen LogP contribution in [-0.2, 0) is 4.84 Å². The fourth-order valence-corrected chi connectivity index (χ4v) is 0.901. The quantitative estimate of drug-likeness (QED) is 0.675. The number of ether oxygens (including phenoxy) is 1. The molecule has 0 fully saturated rings. The van der Waals surface area contributed by atoms with Crippen molar-refractivity contribution in [2.45, 2.75) is 0 Å². The topological polar surface area (TPSA) is 38.5 Å². The van der Waals surface area contributed by atoms with Gasteiger partial charge in [-0.15, -0.1) is 0 Å². The van der Waals surface area contributed by atoms with Crippen molar-refractivity contribution >= 4 is 5.69 Å². The molecule has 0 heterocycles. The van der Waals surface area contributed by atoms with Crippen molar-refractivity contribution in [1.29, 1.82) is 0 Å². The van der Waals surface area contributed by atoms with Crippen molar-refractivity contribution in [1.82, 2.24) is 0 Å². The van der Waals surface area contributed by atoms with Gasteiger partial charge in [0.1, 0.15) is 5.82 Å². The van der Waals surface area contributed by atoms with Crippen LogP contribution in [0.2, 0.25) is 0 Å². The third kappa shape index (κ3) is 1.93. The van der Waals surface area contributed by atoms with Gasteiger partial charge in [-0.05, 0) is 6.07 Å². The zero-order chi connectivity index (χ0) is 9.84. The van der Waals surface area contributed by atoms with E-state index in [-0.39, 0.29) is 16.4 Å². The molecular weight excluding hydrogens is 177 g/mol. The lowest BCUT2D eigenvalue weighted by Gasteiger charge is -1.98. The van der Waals surface area contributed by atoms with Crippen LogP contribution in [0.1, 0.15) is 0 Å². The zero-order valence-corrected chi connectivity index (χ0v) is 7.28. The maximum absolute atomic E-state index is 12.7. The van der Waals surface area contributed by atoms with Crippen molar-refractivity contribution in [3.8, 4) is 5.75 Å². The Bertz CT molecular complexity index is 327. The molecule has 13 heavy (non-hydrogen) atoms. The summed E-state index contributed by atoms with van der Waals surface area (Å²) in [6.45, 7) is 0. The molecule has 0 aliphatic rings. The molecule has 0 amide bonds. The highest BCUT2D eigenvalue weighted by atomic mass is 19.1. The molecule has 0 aliphatic carbocycles. The highest BCUT2D eigenvalue weighted by molar-refractivity contribution is 5.45. The van der Waals surface area contributed by atoms with Crippen LogP contribution >= 0.6 is 0 Å². The van der Waals surface area contributed by atoms with Gasteiger partial charge in [0.25, 0.3) is 4.92 Å². The molecule has 1 aromatic carbocycles. The first-order chi connectivity index (χ1) is 6.19. The van der Waals surface area contributed by atoms with Crippen molar-refractivity contribution in [2.24, 2.45) is 0 Å². The highest BCUT2D eigenvalue weighted by Crippen LogP contribution is 2.27. The molecule has 1 aromatic rings. The summed E-state index contributed by atoms with van der Waals surface area (Å²) < 4.78 is 17.4. The van der Waals surface area contributed by atoms with Crippen LogP contribution in [0.25, 0.3) is 0 Å². The van der Waals surface area contributed by atoms with E-state index in [4.69, 9.17) is 4.74 Å². The molecule has 4 nitrogen and oxygen atoms in total. The van der Waals surface area contributed by atoms with Gasteiger partial charge in [-0.1, -0.05) is 0 Å². The first-order valence-corrected chi connectivity index (χ1v) is 3.54. The van der Waals surface area contributed by atoms with Crippen molar-refractivity contribution in [3.63, 3.8) is 0 Å². The highest BCUT2D eigenvalue weighted by Gasteiger charge is 2.21. The Morgan fingerprint density at radius 1 is 1.38 bits per heavy atom. The van der Waals surface area contributed by atoms with Crippen LogP contribution in [0.15, 0.2) is 18.2 Å². The van der Waals surface area contributed by atoms with E-state index in [1.165, 1.54) is 20.3 Å². The molecule has 0 unspecified atom stereocenters. The molecular formula is C8H9FNO3+. The third-order valence-corrected chi connectivity index (χ3v) is 1.50. The lowest BCUT2D eigenvalue weighted by Crippen LogP contribution is -2.00. The van der Waals surface area contributed by atoms with Gasteiger partial charge in [0.15, 0.2) is 7.11 Å². The second-order valence-corrected chi connectivity index (χ2v) is 2.26. The lowest BCUT2D eigenvalue weighted by molar-refractivity contribution is -0.736. The van der Waals surface area contributed by atoms with Crippen LogP contribution < -0.4 is 4.74 Å². The Labute approximate surface area is 74.4 Å². The molecule has 0 saturated carbocycles. The van der Waals surface area contributed by atoms with Gasteiger partial charge >= 0.3 is 5.69 Å². The van der Waals surface area contributed by atoms with Crippen molar-refractivity contribution in [3.05, 3.63) is 28.9 Å². The van der Waals surface area contributed by atoms with Gasteiger partial charge in [-0.25, -0.2) is 9.23 Å². The van der Waals surface area contributed by atoms with Gasteiger partial charge in [0, 0.05) is 12.1 Å². The standard InChI is InChI=1S/C8H9FNO3/c1-12-8-5-6(9)3-4-7(8)10(11)13-2/h3-5H,1-2H3/q+1. The van der Waals surface area contributed by atoms with Gasteiger partial charge in [0.2, 0.25) is 5.75 Å². The predicted molar refractivity (Wildman–Crippen MR) is 43.2 cm³/mol. The van der Waals surface area contributed by atoms with Crippen molar-refractivity contribution in [2.75, 3.05) is 14.2 Å². The maximum Gasteiger partial charge on any atom is 0.358 e. The van der Waals surface area contributed by atoms with Crippen LogP contribution in [0, 0.1) is 10.7 Å². The molecule has 0 bridgehead atoms. The fraction of sp³-hybridized carbons (Fsp3) is 0.250. The summed E-state index contributed by atoms with van der Waals surface area (Å²) in [5, 5.41) is 0. The van der Waals surface area contributed by atoms with E-state index in [0.29, 0.717) is 0 Å². The third-order valence-electron chi connectivity index (χ3n) is 1.50. The molecule has 5 heteroatoms. The average Bonchev–Trinajstić information content (AvgIpc) is 2.16. The molecule has 70 valence electrons. The predicted octanol–water partition coefficient (Wildman–Crippen LogP) is 1.81. The fourth-order valence-electron chi connectivity index (χ4n) is 0.901. The molecule has 0 spiro atoms. The van der Waals surface area contributed by atoms with E-state index in [0.717, 1.165) is 12.1 Å². The Kier molecular flexibility index (Phi) is 2.79. The van der Waals surface area contributed by atoms with Gasteiger partial charge in [-0.2, -0.15) is 0 Å². The molecule has 0 atom stereocenters. The van der Waals surface area contributed by atoms with Crippen molar-refractivity contribution < 1.29 is 18.9 Å². The van der Waals surface area contributed by atoms with Crippen LogP contribution in [0.5, 0.6) is 5.75 Å². The minimum Gasteiger partial charge on any atom is -0.490 e. The average molecular weight is 186 g/mol. The normalized spacial score (nSPS) is 9.46. The van der Waals surface area contributed by atoms with E-state index < -0.39 is 5.82 Å².